The first-order valence-corrected chi connectivity index (χ1v) is 5.66. The van der Waals surface area contributed by atoms with E-state index in [-0.39, 0.29) is 10.6 Å². The van der Waals surface area contributed by atoms with E-state index in [1.165, 1.54) is 35.1 Å². The smallest absolute Gasteiger partial charge is 0.294 e. The zero-order valence-corrected chi connectivity index (χ0v) is 8.86. The molecule has 0 aromatic heterocycles. The molecule has 1 aromatic rings. The molecule has 0 saturated carbocycles. The van der Waals surface area contributed by atoms with Gasteiger partial charge in [0, 0.05) is 17.8 Å². The number of hydrogen-bond acceptors (Lipinski definition) is 4. The van der Waals surface area contributed by atoms with Gasteiger partial charge in [-0.25, -0.2) is 0 Å². The van der Waals surface area contributed by atoms with E-state index in [4.69, 9.17) is 21.1 Å². The van der Waals surface area contributed by atoms with Gasteiger partial charge >= 0.3 is 0 Å². The van der Waals surface area contributed by atoms with Gasteiger partial charge in [0.15, 0.2) is 5.75 Å². The predicted molar refractivity (Wildman–Crippen MR) is 54.4 cm³/mol. The lowest BCUT2D eigenvalue weighted by Crippen LogP contribution is -2.08. The van der Waals surface area contributed by atoms with Gasteiger partial charge in [-0.15, -0.1) is 0 Å². The van der Waals surface area contributed by atoms with Crippen molar-refractivity contribution >= 4 is 27.6 Å². The first-order chi connectivity index (χ1) is 6.98. The average Bonchev–Trinajstić information content (AvgIpc) is 2.16. The molecule has 0 fully saturated rings. The Hall–Kier alpha value is -1.24. The maximum absolute atomic E-state index is 10.8. The molecule has 0 amide bonds. The molecule has 0 unspecified atom stereocenters. The molecule has 1 aliphatic heterocycles. The van der Waals surface area contributed by atoms with Crippen LogP contribution in [0.2, 0.25) is 0 Å². The van der Waals surface area contributed by atoms with Crippen molar-refractivity contribution in [2.45, 2.75) is 4.90 Å². The van der Waals surface area contributed by atoms with Crippen LogP contribution in [0.1, 0.15) is 0 Å². The summed E-state index contributed by atoms with van der Waals surface area (Å²) in [4.78, 5) is -0.235. The normalized spacial score (nSPS) is 14.7. The van der Waals surface area contributed by atoms with E-state index in [2.05, 4.69) is 0 Å². The van der Waals surface area contributed by atoms with Gasteiger partial charge in [0.1, 0.15) is 11.9 Å². The van der Waals surface area contributed by atoms with E-state index < -0.39 is 10.1 Å². The Kier molecular flexibility index (Phi) is 2.34. The maximum Gasteiger partial charge on any atom is 0.294 e. The number of rotatable bonds is 1. The number of fused-ring (bicyclic) bond motifs is 1. The first-order valence-electron chi connectivity index (χ1n) is 3.88. The summed E-state index contributed by atoms with van der Waals surface area (Å²) in [6, 6.07) is 3.88. The van der Waals surface area contributed by atoms with Crippen LogP contribution in [0.25, 0.3) is 0 Å². The van der Waals surface area contributed by atoms with Crippen molar-refractivity contribution < 1.29 is 17.7 Å². The van der Waals surface area contributed by atoms with Crippen LogP contribution in [-0.4, -0.2) is 13.0 Å². The van der Waals surface area contributed by atoms with Crippen molar-refractivity contribution in [2.24, 2.45) is 0 Å². The third-order valence-electron chi connectivity index (χ3n) is 1.85. The number of anilines is 1. The number of hydrogen-bond donors (Lipinski definition) is 1. The molecule has 2 rings (SSSR count). The fourth-order valence-electron chi connectivity index (χ4n) is 1.16. The summed E-state index contributed by atoms with van der Waals surface area (Å²) in [6.07, 6.45) is 2.78. The highest BCUT2D eigenvalue weighted by atomic mass is 35.5. The molecule has 1 aromatic carbocycles. The molecule has 7 heteroatoms. The largest absolute Gasteiger partial charge is 0.461 e. The molecular weight excluding hydrogens is 242 g/mol. The summed E-state index contributed by atoms with van der Waals surface area (Å²) in [5, 5.41) is 0. The molecule has 0 atom stereocenters. The highest BCUT2D eigenvalue weighted by Crippen LogP contribution is 2.34. The van der Waals surface area contributed by atoms with E-state index >= 15 is 0 Å². The van der Waals surface area contributed by atoms with Crippen molar-refractivity contribution in [1.82, 2.24) is 0 Å². The molecule has 0 bridgehead atoms. The molecule has 0 radical (unpaired) electrons. The van der Waals surface area contributed by atoms with Gasteiger partial charge in [0.25, 0.3) is 10.1 Å². The van der Waals surface area contributed by atoms with E-state index in [0.717, 1.165) is 0 Å². The lowest BCUT2D eigenvalue weighted by atomic mass is 10.3. The zero-order chi connectivity index (χ0) is 11.1. The Morgan fingerprint density at radius 3 is 2.80 bits per heavy atom. The lowest BCUT2D eigenvalue weighted by molar-refractivity contribution is 0.466. The molecule has 15 heavy (non-hydrogen) atoms. The van der Waals surface area contributed by atoms with Crippen molar-refractivity contribution in [2.75, 3.05) is 4.42 Å². The number of halogens is 1. The van der Waals surface area contributed by atoms with Gasteiger partial charge in [-0.1, -0.05) is 0 Å². The van der Waals surface area contributed by atoms with Gasteiger partial charge in [-0.3, -0.25) is 8.97 Å². The molecule has 0 aliphatic carbocycles. The number of benzene rings is 1. The van der Waals surface area contributed by atoms with Crippen LogP contribution in [0, 0.1) is 0 Å². The van der Waals surface area contributed by atoms with Crippen molar-refractivity contribution in [3.8, 4) is 5.75 Å². The second-order valence-electron chi connectivity index (χ2n) is 2.82. The minimum absolute atomic E-state index is 0.235. The van der Waals surface area contributed by atoms with Gasteiger partial charge in [-0.2, -0.15) is 8.42 Å². The Morgan fingerprint density at radius 2 is 2.13 bits per heavy atom. The minimum Gasteiger partial charge on any atom is -0.461 e. The summed E-state index contributed by atoms with van der Waals surface area (Å²) in [5.74, 6) is 0.266. The number of ether oxygens (including phenoxy) is 1. The molecule has 0 spiro atoms. The molecular formula is C8H6ClNO4S. The fourth-order valence-corrected chi connectivity index (χ4v) is 1.84. The SMILES string of the molecule is O=S(=O)(O)c1ccc2c(c1)OC=CN2Cl. The molecule has 1 aliphatic rings. The topological polar surface area (TPSA) is 66.8 Å². The van der Waals surface area contributed by atoms with Crippen molar-refractivity contribution in [1.29, 1.82) is 0 Å². The molecule has 1 N–H and O–H groups in total. The first kappa shape index (κ1) is 10.3. The van der Waals surface area contributed by atoms with E-state index in [1.807, 2.05) is 0 Å². The summed E-state index contributed by atoms with van der Waals surface area (Å²) in [7, 11) is -4.22. The van der Waals surface area contributed by atoms with E-state index in [0.29, 0.717) is 5.69 Å². The molecule has 0 saturated heterocycles. The summed E-state index contributed by atoms with van der Waals surface area (Å²) < 4.78 is 36.8. The maximum atomic E-state index is 10.8. The van der Waals surface area contributed by atoms with Crippen LogP contribution in [0.5, 0.6) is 5.75 Å². The fraction of sp³-hybridized carbons (Fsp3) is 0. The van der Waals surface area contributed by atoms with Crippen LogP contribution in [0.4, 0.5) is 5.69 Å². The highest BCUT2D eigenvalue weighted by molar-refractivity contribution is 7.85. The second kappa shape index (κ2) is 3.41. The van der Waals surface area contributed by atoms with Crippen LogP contribution < -0.4 is 9.16 Å². The third kappa shape index (κ3) is 1.92. The van der Waals surface area contributed by atoms with Crippen LogP contribution in [0.15, 0.2) is 35.6 Å². The average molecular weight is 248 g/mol. The van der Waals surface area contributed by atoms with Gasteiger partial charge in [-0.05, 0) is 12.1 Å². The van der Waals surface area contributed by atoms with E-state index in [9.17, 15) is 8.42 Å². The quantitative estimate of drug-likeness (QED) is 0.605. The molecule has 80 valence electrons. The predicted octanol–water partition coefficient (Wildman–Crippen LogP) is 1.76. The zero-order valence-electron chi connectivity index (χ0n) is 7.29. The van der Waals surface area contributed by atoms with Crippen LogP contribution >= 0.6 is 11.8 Å². The van der Waals surface area contributed by atoms with Crippen LogP contribution in [0.3, 0.4) is 0 Å². The second-order valence-corrected chi connectivity index (χ2v) is 4.60. The Morgan fingerprint density at radius 1 is 1.40 bits per heavy atom. The monoisotopic (exact) mass is 247 g/mol. The summed E-state index contributed by atoms with van der Waals surface area (Å²) in [6.45, 7) is 0. The summed E-state index contributed by atoms with van der Waals surface area (Å²) >= 11 is 5.77. The third-order valence-corrected chi connectivity index (χ3v) is 2.99. The Balaban J connectivity index is 2.54. The van der Waals surface area contributed by atoms with Crippen molar-refractivity contribution in [3.63, 3.8) is 0 Å². The van der Waals surface area contributed by atoms with Crippen LogP contribution in [-0.2, 0) is 10.1 Å². The standard InChI is InChI=1S/C8H6ClNO4S/c9-10-3-4-14-8-5-6(15(11,12)13)1-2-7(8)10/h1-5H,(H,11,12,13). The van der Waals surface area contributed by atoms with E-state index in [1.54, 1.807) is 0 Å². The van der Waals surface area contributed by atoms with Gasteiger partial charge < -0.3 is 4.74 Å². The lowest BCUT2D eigenvalue weighted by Gasteiger charge is -2.19. The molecule has 5 nitrogen and oxygen atoms in total. The summed E-state index contributed by atoms with van der Waals surface area (Å²) in [5.41, 5.74) is 0.506. The minimum atomic E-state index is -4.22. The molecule has 1 heterocycles. The van der Waals surface area contributed by atoms with Gasteiger partial charge in [0.2, 0.25) is 0 Å². The van der Waals surface area contributed by atoms with Gasteiger partial charge in [0.05, 0.1) is 11.1 Å². The Labute approximate surface area is 91.4 Å². The number of nitrogens with zero attached hydrogens (tertiary/aromatic N) is 1. The highest BCUT2D eigenvalue weighted by Gasteiger charge is 2.17. The Bertz CT molecular complexity index is 525. The van der Waals surface area contributed by atoms with Crippen molar-refractivity contribution in [3.05, 3.63) is 30.7 Å².